The highest BCUT2D eigenvalue weighted by Crippen LogP contribution is 2.23. The van der Waals surface area contributed by atoms with Crippen LogP contribution in [0, 0.1) is 0 Å². The summed E-state index contributed by atoms with van der Waals surface area (Å²) in [6.07, 6.45) is -4.58. The maximum absolute atomic E-state index is 12.5. The van der Waals surface area contributed by atoms with E-state index < -0.39 is 22.2 Å². The highest BCUT2D eigenvalue weighted by molar-refractivity contribution is 7.86. The Kier molecular flexibility index (Phi) is 4.64. The average molecular weight is 317 g/mol. The number of nitrogens with one attached hydrogen (secondary N) is 1. The normalized spacial score (nSPS) is 13.2. The molecule has 0 bridgehead atoms. The molecule has 1 rings (SSSR count). The maximum Gasteiger partial charge on any atom is 0.471 e. The Hall–Kier alpha value is -1.48. The summed E-state index contributed by atoms with van der Waals surface area (Å²) < 4.78 is 62.6. The quantitative estimate of drug-likeness (QED) is 0.403. The lowest BCUT2D eigenvalue weighted by Crippen LogP contribution is -2.29. The van der Waals surface area contributed by atoms with Crippen LogP contribution in [-0.2, 0) is 14.3 Å². The van der Waals surface area contributed by atoms with Crippen LogP contribution in [0.5, 0.6) is 0 Å². The van der Waals surface area contributed by atoms with Gasteiger partial charge in [0.1, 0.15) is 0 Å². The predicted octanol–water partition coefficient (Wildman–Crippen LogP) is 2.60. The molecule has 106 valence electrons. The molecule has 1 aromatic carbocycles. The SMILES string of the molecule is CS(=O)(=O)O/C(=N\Nc1ccccc1Cl)C(F)(F)F. The van der Waals surface area contributed by atoms with Crippen molar-refractivity contribution < 1.29 is 25.8 Å². The maximum atomic E-state index is 12.5. The number of hydrazone groups is 1. The van der Waals surface area contributed by atoms with Crippen LogP contribution in [0.4, 0.5) is 18.9 Å². The highest BCUT2D eigenvalue weighted by atomic mass is 35.5. The zero-order chi connectivity index (χ0) is 14.7. The van der Waals surface area contributed by atoms with Gasteiger partial charge in [0.05, 0.1) is 17.0 Å². The fourth-order valence-electron chi connectivity index (χ4n) is 0.936. The molecule has 0 aromatic heterocycles. The Morgan fingerprint density at radius 2 is 1.95 bits per heavy atom. The fourth-order valence-corrected chi connectivity index (χ4v) is 1.53. The van der Waals surface area contributed by atoms with Crippen molar-refractivity contribution in [2.45, 2.75) is 6.18 Å². The molecule has 1 N–H and O–H groups in total. The number of alkyl halides is 3. The Morgan fingerprint density at radius 3 is 2.42 bits per heavy atom. The Labute approximate surface area is 112 Å². The Bertz CT molecular complexity index is 587. The monoisotopic (exact) mass is 316 g/mol. The van der Waals surface area contributed by atoms with Gasteiger partial charge in [0.15, 0.2) is 0 Å². The lowest BCUT2D eigenvalue weighted by molar-refractivity contribution is -0.0707. The van der Waals surface area contributed by atoms with Gasteiger partial charge in [-0.2, -0.15) is 21.6 Å². The number of halogens is 4. The van der Waals surface area contributed by atoms with Crippen LogP contribution in [0.15, 0.2) is 29.4 Å². The lowest BCUT2D eigenvalue weighted by atomic mass is 10.3. The van der Waals surface area contributed by atoms with Crippen molar-refractivity contribution in [1.29, 1.82) is 0 Å². The average Bonchev–Trinajstić information content (AvgIpc) is 2.23. The standard InChI is InChI=1S/C9H8ClF3N2O3S/c1-19(16,17)18-8(9(11,12)13)15-14-7-5-3-2-4-6(7)10/h2-5,14H,1H3/b15-8-. The number of para-hydroxylation sites is 1. The van der Waals surface area contributed by atoms with Crippen molar-refractivity contribution in [3.8, 4) is 0 Å². The number of hydrogen-bond donors (Lipinski definition) is 1. The molecule has 0 aliphatic rings. The number of benzene rings is 1. The molecular weight excluding hydrogens is 309 g/mol. The molecule has 0 saturated carbocycles. The summed E-state index contributed by atoms with van der Waals surface area (Å²) >= 11 is 5.68. The second-order valence-corrected chi connectivity index (χ2v) is 5.28. The molecule has 0 radical (unpaired) electrons. The molecule has 1 aromatic rings. The lowest BCUT2D eigenvalue weighted by Gasteiger charge is -2.10. The first-order chi connectivity index (χ1) is 8.59. The largest absolute Gasteiger partial charge is 0.471 e. The highest BCUT2D eigenvalue weighted by Gasteiger charge is 2.41. The van der Waals surface area contributed by atoms with Crippen LogP contribution < -0.4 is 5.43 Å². The van der Waals surface area contributed by atoms with Crippen LogP contribution in [0.1, 0.15) is 0 Å². The van der Waals surface area contributed by atoms with Crippen molar-refractivity contribution in [2.75, 3.05) is 11.7 Å². The van der Waals surface area contributed by atoms with Gasteiger partial charge in [-0.3, -0.25) is 5.43 Å². The van der Waals surface area contributed by atoms with E-state index in [0.29, 0.717) is 6.26 Å². The summed E-state index contributed by atoms with van der Waals surface area (Å²) in [5.41, 5.74) is 2.06. The van der Waals surface area contributed by atoms with E-state index in [9.17, 15) is 21.6 Å². The first kappa shape index (κ1) is 15.6. The third kappa shape index (κ3) is 5.35. The molecule has 19 heavy (non-hydrogen) atoms. The second-order valence-electron chi connectivity index (χ2n) is 3.29. The minimum absolute atomic E-state index is 0.0722. The molecule has 0 atom stereocenters. The minimum atomic E-state index is -5.06. The topological polar surface area (TPSA) is 67.8 Å². The smallest absolute Gasteiger partial charge is 0.355 e. The van der Waals surface area contributed by atoms with Gasteiger partial charge < -0.3 is 4.18 Å². The summed E-state index contributed by atoms with van der Waals surface area (Å²) in [7, 11) is -4.34. The van der Waals surface area contributed by atoms with E-state index in [1.54, 1.807) is 6.07 Å². The van der Waals surface area contributed by atoms with E-state index in [-0.39, 0.29) is 10.7 Å². The summed E-state index contributed by atoms with van der Waals surface area (Å²) in [6.45, 7) is 0. The molecule has 0 aliphatic carbocycles. The number of rotatable bonds is 3. The van der Waals surface area contributed by atoms with Crippen LogP contribution >= 0.6 is 11.6 Å². The predicted molar refractivity (Wildman–Crippen MR) is 64.5 cm³/mol. The molecular formula is C9H8ClF3N2O3S. The Morgan fingerprint density at radius 1 is 1.37 bits per heavy atom. The molecule has 0 saturated heterocycles. The number of hydrogen-bond acceptors (Lipinski definition) is 5. The van der Waals surface area contributed by atoms with Crippen LogP contribution in [0.3, 0.4) is 0 Å². The molecule has 0 unspecified atom stereocenters. The van der Waals surface area contributed by atoms with E-state index >= 15 is 0 Å². The Balaban J connectivity index is 3.00. The van der Waals surface area contributed by atoms with Crippen LogP contribution in [0.2, 0.25) is 5.02 Å². The zero-order valence-corrected chi connectivity index (χ0v) is 11.0. The molecule has 0 fully saturated rings. The van der Waals surface area contributed by atoms with E-state index in [2.05, 4.69) is 9.28 Å². The minimum Gasteiger partial charge on any atom is -0.355 e. The van der Waals surface area contributed by atoms with Crippen molar-refractivity contribution in [3.05, 3.63) is 29.3 Å². The molecule has 0 aliphatic heterocycles. The third-order valence-corrected chi connectivity index (χ3v) is 2.41. The van der Waals surface area contributed by atoms with Crippen molar-refractivity contribution in [1.82, 2.24) is 0 Å². The van der Waals surface area contributed by atoms with Gasteiger partial charge in [-0.1, -0.05) is 23.7 Å². The van der Waals surface area contributed by atoms with E-state index in [1.165, 1.54) is 18.2 Å². The van der Waals surface area contributed by atoms with E-state index in [1.807, 2.05) is 5.43 Å². The van der Waals surface area contributed by atoms with Crippen molar-refractivity contribution in [2.24, 2.45) is 5.10 Å². The zero-order valence-electron chi connectivity index (χ0n) is 9.40. The molecule has 5 nitrogen and oxygen atoms in total. The summed E-state index contributed by atoms with van der Waals surface area (Å²) in [4.78, 5) is 0. The first-order valence-electron chi connectivity index (χ1n) is 4.64. The van der Waals surface area contributed by atoms with Gasteiger partial charge in [-0.15, -0.1) is 5.10 Å². The van der Waals surface area contributed by atoms with Gasteiger partial charge in [-0.25, -0.2) is 0 Å². The van der Waals surface area contributed by atoms with Crippen LogP contribution in [0.25, 0.3) is 0 Å². The summed E-state index contributed by atoms with van der Waals surface area (Å²) in [5, 5.41) is 2.98. The van der Waals surface area contributed by atoms with E-state index in [4.69, 9.17) is 11.6 Å². The number of anilines is 1. The van der Waals surface area contributed by atoms with Gasteiger partial charge in [0.2, 0.25) is 0 Å². The molecule has 0 heterocycles. The molecule has 0 spiro atoms. The van der Waals surface area contributed by atoms with Crippen molar-refractivity contribution >= 4 is 33.3 Å². The van der Waals surface area contributed by atoms with Crippen molar-refractivity contribution in [3.63, 3.8) is 0 Å². The molecule has 10 heteroatoms. The summed E-state index contributed by atoms with van der Waals surface area (Å²) in [6, 6.07) is 5.85. The third-order valence-electron chi connectivity index (χ3n) is 1.62. The molecule has 0 amide bonds. The fraction of sp³-hybridized carbons (Fsp3) is 0.222. The van der Waals surface area contributed by atoms with Gasteiger partial charge in [0, 0.05) is 0 Å². The first-order valence-corrected chi connectivity index (χ1v) is 6.84. The second kappa shape index (κ2) is 5.66. The van der Waals surface area contributed by atoms with Gasteiger partial charge in [0.25, 0.3) is 0 Å². The summed E-state index contributed by atoms with van der Waals surface area (Å²) in [5.74, 6) is -1.94. The number of nitrogens with zero attached hydrogens (tertiary/aromatic N) is 1. The van der Waals surface area contributed by atoms with Gasteiger partial charge >= 0.3 is 22.2 Å². The van der Waals surface area contributed by atoms with E-state index in [0.717, 1.165) is 0 Å². The van der Waals surface area contributed by atoms with Crippen LogP contribution in [-0.4, -0.2) is 26.7 Å². The van der Waals surface area contributed by atoms with Gasteiger partial charge in [-0.05, 0) is 12.1 Å².